The van der Waals surface area contributed by atoms with Gasteiger partial charge in [0.25, 0.3) is 0 Å². The second kappa shape index (κ2) is 5.06. The van der Waals surface area contributed by atoms with E-state index in [2.05, 4.69) is 0 Å². The third-order valence-corrected chi connectivity index (χ3v) is 3.83. The Hall–Kier alpha value is -1.42. The maximum absolute atomic E-state index is 12.9. The molecule has 1 N–H and O–H groups in total. The number of carbonyl (C=O) groups excluding carboxylic acids is 1. The molecular weight excluding hydrogens is 233 g/mol. The fourth-order valence-corrected chi connectivity index (χ4v) is 2.58. The van der Waals surface area contributed by atoms with E-state index < -0.39 is 5.60 Å². The van der Waals surface area contributed by atoms with Gasteiger partial charge in [-0.05, 0) is 37.5 Å². The number of nitrogens with zero attached hydrogens (tertiary/aromatic N) is 1. The zero-order valence-electron chi connectivity index (χ0n) is 10.5. The molecule has 1 aromatic rings. The summed E-state index contributed by atoms with van der Waals surface area (Å²) < 4.78 is 12.9. The van der Waals surface area contributed by atoms with E-state index >= 15 is 0 Å². The highest BCUT2D eigenvalue weighted by Gasteiger charge is 2.36. The van der Waals surface area contributed by atoms with Crippen molar-refractivity contribution in [1.29, 1.82) is 0 Å². The summed E-state index contributed by atoms with van der Waals surface area (Å²) in [7, 11) is 0. The second-order valence-electron chi connectivity index (χ2n) is 5.09. The van der Waals surface area contributed by atoms with Crippen molar-refractivity contribution in [2.45, 2.75) is 25.4 Å². The lowest BCUT2D eigenvalue weighted by Gasteiger charge is -2.39. The van der Waals surface area contributed by atoms with Crippen LogP contribution in [0, 0.1) is 11.7 Å². The fourth-order valence-electron chi connectivity index (χ4n) is 2.58. The molecule has 2 unspecified atom stereocenters. The number of benzene rings is 1. The summed E-state index contributed by atoms with van der Waals surface area (Å²) in [6.45, 7) is 3.03. The molecule has 0 saturated carbocycles. The van der Waals surface area contributed by atoms with Crippen LogP contribution in [-0.4, -0.2) is 29.5 Å². The van der Waals surface area contributed by atoms with Gasteiger partial charge in [-0.15, -0.1) is 0 Å². The first-order valence-electron chi connectivity index (χ1n) is 6.22. The summed E-state index contributed by atoms with van der Waals surface area (Å²) in [6, 6.07) is 5.92. The lowest BCUT2D eigenvalue weighted by atomic mass is 9.78. The number of aliphatic hydroxyl groups is 1. The third kappa shape index (κ3) is 2.53. The predicted molar refractivity (Wildman–Crippen MR) is 66.3 cm³/mol. The molecular formula is C14H18FNO2. The monoisotopic (exact) mass is 251 g/mol. The minimum absolute atomic E-state index is 0.0121. The van der Waals surface area contributed by atoms with Crippen molar-refractivity contribution >= 4 is 6.41 Å². The van der Waals surface area contributed by atoms with Gasteiger partial charge in [0.1, 0.15) is 5.82 Å². The van der Waals surface area contributed by atoms with Crippen LogP contribution >= 0.6 is 0 Å². The van der Waals surface area contributed by atoms with E-state index in [9.17, 15) is 14.3 Å². The maximum atomic E-state index is 12.9. The first-order valence-corrected chi connectivity index (χ1v) is 6.22. The average Bonchev–Trinajstić information content (AvgIpc) is 2.39. The number of carbonyl (C=O) groups is 1. The van der Waals surface area contributed by atoms with Crippen LogP contribution in [0.4, 0.5) is 4.39 Å². The molecule has 1 heterocycles. The van der Waals surface area contributed by atoms with Crippen LogP contribution in [0.5, 0.6) is 0 Å². The quantitative estimate of drug-likeness (QED) is 0.834. The summed E-state index contributed by atoms with van der Waals surface area (Å²) in [4.78, 5) is 12.5. The van der Waals surface area contributed by atoms with Gasteiger partial charge in [0.15, 0.2) is 0 Å². The minimum Gasteiger partial charge on any atom is -0.385 e. The SMILES string of the molecule is CC(O)(c1ccc(F)cc1)C1CCCN(C=O)C1. The van der Waals surface area contributed by atoms with Gasteiger partial charge in [0, 0.05) is 19.0 Å². The van der Waals surface area contributed by atoms with Crippen molar-refractivity contribution in [1.82, 2.24) is 4.90 Å². The number of halogens is 1. The third-order valence-electron chi connectivity index (χ3n) is 3.83. The number of likely N-dealkylation sites (tertiary alicyclic amines) is 1. The molecule has 18 heavy (non-hydrogen) atoms. The zero-order valence-corrected chi connectivity index (χ0v) is 10.5. The summed E-state index contributed by atoms with van der Waals surface area (Å²) >= 11 is 0. The molecule has 1 aliphatic rings. The van der Waals surface area contributed by atoms with E-state index in [1.54, 1.807) is 24.0 Å². The molecule has 0 aromatic heterocycles. The molecule has 4 heteroatoms. The number of hydrogen-bond donors (Lipinski definition) is 1. The van der Waals surface area contributed by atoms with Gasteiger partial charge in [0.05, 0.1) is 5.60 Å². The van der Waals surface area contributed by atoms with Crippen molar-refractivity contribution in [3.05, 3.63) is 35.6 Å². The van der Waals surface area contributed by atoms with E-state index in [1.165, 1.54) is 12.1 Å². The Morgan fingerprint density at radius 1 is 1.44 bits per heavy atom. The molecule has 0 bridgehead atoms. The molecule has 1 aromatic carbocycles. The Kier molecular flexibility index (Phi) is 3.66. The topological polar surface area (TPSA) is 40.5 Å². The van der Waals surface area contributed by atoms with Crippen molar-refractivity contribution < 1.29 is 14.3 Å². The van der Waals surface area contributed by atoms with Crippen molar-refractivity contribution in [2.24, 2.45) is 5.92 Å². The molecule has 3 nitrogen and oxygen atoms in total. The average molecular weight is 251 g/mol. The van der Waals surface area contributed by atoms with Gasteiger partial charge >= 0.3 is 0 Å². The molecule has 1 amide bonds. The van der Waals surface area contributed by atoms with Crippen LogP contribution in [-0.2, 0) is 10.4 Å². The van der Waals surface area contributed by atoms with Gasteiger partial charge in [-0.2, -0.15) is 0 Å². The summed E-state index contributed by atoms with van der Waals surface area (Å²) in [5.41, 5.74) is -0.336. The fraction of sp³-hybridized carbons (Fsp3) is 0.500. The van der Waals surface area contributed by atoms with Crippen molar-refractivity contribution in [3.8, 4) is 0 Å². The molecule has 0 aliphatic carbocycles. The Balaban J connectivity index is 2.19. The summed E-state index contributed by atoms with van der Waals surface area (Å²) in [5, 5.41) is 10.6. The van der Waals surface area contributed by atoms with Gasteiger partial charge in [-0.3, -0.25) is 4.79 Å². The highest BCUT2D eigenvalue weighted by molar-refractivity contribution is 5.47. The number of hydrogen-bond acceptors (Lipinski definition) is 2. The van der Waals surface area contributed by atoms with Crippen LogP contribution in [0.2, 0.25) is 0 Å². The first kappa shape index (κ1) is 13.0. The van der Waals surface area contributed by atoms with Crippen LogP contribution in [0.25, 0.3) is 0 Å². The normalized spacial score (nSPS) is 23.5. The summed E-state index contributed by atoms with van der Waals surface area (Å²) in [5.74, 6) is -0.324. The van der Waals surface area contributed by atoms with E-state index in [1.807, 2.05) is 0 Å². The zero-order chi connectivity index (χ0) is 13.2. The Morgan fingerprint density at radius 3 is 2.72 bits per heavy atom. The molecule has 0 radical (unpaired) electrons. The number of amides is 1. The highest BCUT2D eigenvalue weighted by atomic mass is 19.1. The number of piperidine rings is 1. The van der Waals surface area contributed by atoms with Gasteiger partial charge < -0.3 is 10.0 Å². The molecule has 2 rings (SSSR count). The Labute approximate surface area is 106 Å². The Bertz CT molecular complexity index is 416. The van der Waals surface area contributed by atoms with E-state index in [0.717, 1.165) is 25.8 Å². The number of rotatable bonds is 3. The molecule has 1 fully saturated rings. The van der Waals surface area contributed by atoms with E-state index in [0.29, 0.717) is 12.1 Å². The highest BCUT2D eigenvalue weighted by Crippen LogP contribution is 2.34. The standard InChI is InChI=1S/C14H18FNO2/c1-14(18,11-4-6-13(15)7-5-11)12-3-2-8-16(9-12)10-17/h4-7,10,12,18H,2-3,8-9H2,1H3. The minimum atomic E-state index is -1.03. The molecule has 0 spiro atoms. The van der Waals surface area contributed by atoms with E-state index in [4.69, 9.17) is 0 Å². The molecule has 1 saturated heterocycles. The van der Waals surface area contributed by atoms with Crippen molar-refractivity contribution in [3.63, 3.8) is 0 Å². The molecule has 98 valence electrons. The predicted octanol–water partition coefficient (Wildman–Crippen LogP) is 1.90. The second-order valence-corrected chi connectivity index (χ2v) is 5.09. The smallest absolute Gasteiger partial charge is 0.209 e. The van der Waals surface area contributed by atoms with Gasteiger partial charge in [-0.1, -0.05) is 12.1 Å². The van der Waals surface area contributed by atoms with Crippen LogP contribution in [0.15, 0.2) is 24.3 Å². The first-order chi connectivity index (χ1) is 8.54. The van der Waals surface area contributed by atoms with Gasteiger partial charge in [-0.25, -0.2) is 4.39 Å². The van der Waals surface area contributed by atoms with E-state index in [-0.39, 0.29) is 11.7 Å². The largest absolute Gasteiger partial charge is 0.385 e. The summed E-state index contributed by atoms with van der Waals surface area (Å²) in [6.07, 6.45) is 2.59. The maximum Gasteiger partial charge on any atom is 0.209 e. The van der Waals surface area contributed by atoms with Crippen LogP contribution in [0.1, 0.15) is 25.3 Å². The van der Waals surface area contributed by atoms with Crippen LogP contribution < -0.4 is 0 Å². The van der Waals surface area contributed by atoms with Crippen molar-refractivity contribution in [2.75, 3.05) is 13.1 Å². The lowest BCUT2D eigenvalue weighted by Crippen LogP contribution is -2.44. The lowest BCUT2D eigenvalue weighted by molar-refractivity contribution is -0.122. The van der Waals surface area contributed by atoms with Crippen LogP contribution in [0.3, 0.4) is 0 Å². The Morgan fingerprint density at radius 2 is 2.11 bits per heavy atom. The van der Waals surface area contributed by atoms with Gasteiger partial charge in [0.2, 0.25) is 6.41 Å². The molecule has 2 atom stereocenters. The molecule has 1 aliphatic heterocycles.